The van der Waals surface area contributed by atoms with E-state index in [1.165, 1.54) is 5.70 Å². The van der Waals surface area contributed by atoms with Gasteiger partial charge < -0.3 is 10.6 Å². The topological polar surface area (TPSA) is 29.3 Å². The smallest absolute Gasteiger partial charge is 0.0422 e. The van der Waals surface area contributed by atoms with Crippen LogP contribution in [0.15, 0.2) is 24.9 Å². The fraction of sp³-hybridized carbons (Fsp3) is 0.600. The SMILES string of the molecule is C=C.CC(C)C1=CC(N)CN1C. The van der Waals surface area contributed by atoms with Crippen LogP contribution in [0, 0.1) is 5.92 Å². The second-order valence-electron chi connectivity index (χ2n) is 3.29. The van der Waals surface area contributed by atoms with Crippen molar-refractivity contribution >= 4 is 0 Å². The largest absolute Gasteiger partial charge is 0.376 e. The maximum absolute atomic E-state index is 5.74. The van der Waals surface area contributed by atoms with E-state index in [-0.39, 0.29) is 6.04 Å². The van der Waals surface area contributed by atoms with E-state index in [4.69, 9.17) is 5.73 Å². The van der Waals surface area contributed by atoms with Crippen molar-refractivity contribution in [2.75, 3.05) is 13.6 Å². The van der Waals surface area contributed by atoms with Crippen LogP contribution in [0.5, 0.6) is 0 Å². The van der Waals surface area contributed by atoms with E-state index in [1.807, 2.05) is 0 Å². The van der Waals surface area contributed by atoms with Gasteiger partial charge in [-0.2, -0.15) is 0 Å². The summed E-state index contributed by atoms with van der Waals surface area (Å²) in [5.74, 6) is 0.610. The Labute approximate surface area is 75.7 Å². The highest BCUT2D eigenvalue weighted by Crippen LogP contribution is 2.19. The van der Waals surface area contributed by atoms with Crippen molar-refractivity contribution in [2.24, 2.45) is 11.7 Å². The van der Waals surface area contributed by atoms with Gasteiger partial charge in [-0.25, -0.2) is 0 Å². The van der Waals surface area contributed by atoms with Crippen LogP contribution in [0.3, 0.4) is 0 Å². The minimum Gasteiger partial charge on any atom is -0.376 e. The van der Waals surface area contributed by atoms with Crippen LogP contribution in [0.2, 0.25) is 0 Å². The number of nitrogens with two attached hydrogens (primary N) is 1. The monoisotopic (exact) mass is 168 g/mol. The van der Waals surface area contributed by atoms with Gasteiger partial charge in [-0.05, 0) is 12.0 Å². The molecule has 0 aromatic carbocycles. The third-order valence-corrected chi connectivity index (χ3v) is 1.90. The molecule has 1 aliphatic rings. The molecule has 2 nitrogen and oxygen atoms in total. The quantitative estimate of drug-likeness (QED) is 0.603. The molecule has 0 amide bonds. The molecule has 0 fully saturated rings. The lowest BCUT2D eigenvalue weighted by atomic mass is 10.1. The molecule has 0 saturated carbocycles. The van der Waals surface area contributed by atoms with Gasteiger partial charge in [0.15, 0.2) is 0 Å². The van der Waals surface area contributed by atoms with Crippen LogP contribution in [-0.2, 0) is 0 Å². The minimum atomic E-state index is 0.252. The zero-order valence-corrected chi connectivity index (χ0v) is 8.38. The zero-order chi connectivity index (χ0) is 9.72. The van der Waals surface area contributed by atoms with Crippen molar-refractivity contribution in [2.45, 2.75) is 19.9 Å². The molecule has 0 aromatic heterocycles. The average Bonchev–Trinajstić information content (AvgIpc) is 2.34. The molecule has 2 heteroatoms. The van der Waals surface area contributed by atoms with E-state index in [1.54, 1.807) is 0 Å². The summed E-state index contributed by atoms with van der Waals surface area (Å²) in [6.45, 7) is 11.4. The second-order valence-corrected chi connectivity index (χ2v) is 3.29. The van der Waals surface area contributed by atoms with Crippen molar-refractivity contribution in [3.63, 3.8) is 0 Å². The van der Waals surface area contributed by atoms with Crippen molar-refractivity contribution < 1.29 is 0 Å². The van der Waals surface area contributed by atoms with Crippen LogP contribution >= 0.6 is 0 Å². The molecule has 0 aromatic rings. The molecule has 12 heavy (non-hydrogen) atoms. The molecule has 1 atom stereocenters. The van der Waals surface area contributed by atoms with Crippen molar-refractivity contribution in [3.8, 4) is 0 Å². The third-order valence-electron chi connectivity index (χ3n) is 1.90. The Hall–Kier alpha value is -0.760. The lowest BCUT2D eigenvalue weighted by Gasteiger charge is -2.18. The van der Waals surface area contributed by atoms with Gasteiger partial charge in [-0.3, -0.25) is 0 Å². The number of nitrogens with zero attached hydrogens (tertiary/aromatic N) is 1. The molecule has 1 rings (SSSR count). The number of likely N-dealkylation sites (N-methyl/N-ethyl adjacent to an activating group) is 1. The van der Waals surface area contributed by atoms with Gasteiger partial charge in [0, 0.05) is 25.3 Å². The van der Waals surface area contributed by atoms with Gasteiger partial charge in [0.05, 0.1) is 0 Å². The molecule has 1 heterocycles. The maximum Gasteiger partial charge on any atom is 0.0422 e. The number of hydrogen-bond donors (Lipinski definition) is 1. The Morgan fingerprint density at radius 1 is 1.58 bits per heavy atom. The Morgan fingerprint density at radius 2 is 2.08 bits per heavy atom. The predicted molar refractivity (Wildman–Crippen MR) is 54.8 cm³/mol. The molecule has 0 aliphatic carbocycles. The van der Waals surface area contributed by atoms with E-state index in [2.05, 4.69) is 45.0 Å². The number of hydrogen-bond acceptors (Lipinski definition) is 2. The summed E-state index contributed by atoms with van der Waals surface area (Å²) in [5.41, 5.74) is 7.12. The summed E-state index contributed by atoms with van der Waals surface area (Å²) in [6, 6.07) is 0.252. The molecule has 0 bridgehead atoms. The molecule has 1 aliphatic heterocycles. The Bertz CT molecular complexity index is 161. The van der Waals surface area contributed by atoms with E-state index in [0.29, 0.717) is 5.92 Å². The second kappa shape index (κ2) is 4.99. The molecule has 0 saturated heterocycles. The first-order chi connectivity index (χ1) is 5.61. The number of allylic oxidation sites excluding steroid dienone is 1. The first kappa shape index (κ1) is 11.2. The first-order valence-corrected chi connectivity index (χ1v) is 4.29. The Kier molecular flexibility index (Phi) is 4.67. The zero-order valence-electron chi connectivity index (χ0n) is 8.38. The molecule has 1 unspecified atom stereocenters. The van der Waals surface area contributed by atoms with Gasteiger partial charge in [0.2, 0.25) is 0 Å². The standard InChI is InChI=1S/C8H16N2.C2H4/c1-6(2)8-4-7(9)5-10(8)3;1-2/h4,6-7H,5,9H2,1-3H3;1-2H2. The van der Waals surface area contributed by atoms with Gasteiger partial charge in [-0.15, -0.1) is 13.2 Å². The summed E-state index contributed by atoms with van der Waals surface area (Å²) >= 11 is 0. The minimum absolute atomic E-state index is 0.252. The fourth-order valence-corrected chi connectivity index (χ4v) is 1.45. The molecular weight excluding hydrogens is 148 g/mol. The Morgan fingerprint density at radius 3 is 2.25 bits per heavy atom. The van der Waals surface area contributed by atoms with Gasteiger partial charge >= 0.3 is 0 Å². The summed E-state index contributed by atoms with van der Waals surface area (Å²) in [6.07, 6.45) is 2.16. The molecule has 2 N–H and O–H groups in total. The van der Waals surface area contributed by atoms with E-state index >= 15 is 0 Å². The molecule has 70 valence electrons. The third kappa shape index (κ3) is 2.70. The summed E-state index contributed by atoms with van der Waals surface area (Å²) in [4.78, 5) is 2.23. The number of rotatable bonds is 1. The molecular formula is C10H20N2. The lowest BCUT2D eigenvalue weighted by molar-refractivity contribution is 0.401. The highest BCUT2D eigenvalue weighted by Gasteiger charge is 2.18. The van der Waals surface area contributed by atoms with Crippen molar-refractivity contribution in [1.29, 1.82) is 0 Å². The highest BCUT2D eigenvalue weighted by atomic mass is 15.1. The van der Waals surface area contributed by atoms with E-state index in [9.17, 15) is 0 Å². The fourth-order valence-electron chi connectivity index (χ4n) is 1.45. The maximum atomic E-state index is 5.74. The van der Waals surface area contributed by atoms with Crippen molar-refractivity contribution in [1.82, 2.24) is 4.90 Å². The summed E-state index contributed by atoms with van der Waals surface area (Å²) in [5, 5.41) is 0. The Balaban J connectivity index is 0.000000561. The molecule has 0 spiro atoms. The highest BCUT2D eigenvalue weighted by molar-refractivity contribution is 5.14. The van der Waals surface area contributed by atoms with Gasteiger partial charge in [-0.1, -0.05) is 13.8 Å². The van der Waals surface area contributed by atoms with Crippen LogP contribution in [0.1, 0.15) is 13.8 Å². The average molecular weight is 168 g/mol. The molecule has 0 radical (unpaired) electrons. The summed E-state index contributed by atoms with van der Waals surface area (Å²) < 4.78 is 0. The van der Waals surface area contributed by atoms with Crippen LogP contribution in [-0.4, -0.2) is 24.5 Å². The predicted octanol–water partition coefficient (Wildman–Crippen LogP) is 1.60. The van der Waals surface area contributed by atoms with Crippen LogP contribution in [0.4, 0.5) is 0 Å². The lowest BCUT2D eigenvalue weighted by Crippen LogP contribution is -2.26. The normalized spacial score (nSPS) is 21.9. The van der Waals surface area contributed by atoms with Crippen molar-refractivity contribution in [3.05, 3.63) is 24.9 Å². The van der Waals surface area contributed by atoms with E-state index in [0.717, 1.165) is 6.54 Å². The van der Waals surface area contributed by atoms with Crippen LogP contribution < -0.4 is 5.73 Å². The van der Waals surface area contributed by atoms with Crippen LogP contribution in [0.25, 0.3) is 0 Å². The first-order valence-electron chi connectivity index (χ1n) is 4.29. The van der Waals surface area contributed by atoms with E-state index < -0.39 is 0 Å². The van der Waals surface area contributed by atoms with Gasteiger partial charge in [0.1, 0.15) is 0 Å². The summed E-state index contributed by atoms with van der Waals surface area (Å²) in [7, 11) is 2.10. The van der Waals surface area contributed by atoms with Gasteiger partial charge in [0.25, 0.3) is 0 Å².